The molecule has 0 aliphatic heterocycles. The summed E-state index contributed by atoms with van der Waals surface area (Å²) in [6.07, 6.45) is -0.954. The molecule has 0 unspecified atom stereocenters. The van der Waals surface area contributed by atoms with Crippen LogP contribution >= 0.6 is 0 Å². The van der Waals surface area contributed by atoms with Crippen molar-refractivity contribution in [3.05, 3.63) is 114 Å². The van der Waals surface area contributed by atoms with Gasteiger partial charge in [-0.2, -0.15) is 13.2 Å². The molecule has 1 N–H and O–H groups in total. The van der Waals surface area contributed by atoms with Crippen molar-refractivity contribution in [3.63, 3.8) is 0 Å². The van der Waals surface area contributed by atoms with Crippen LogP contribution in [0.5, 0.6) is 0 Å². The number of aliphatic hydroxyl groups is 1. The van der Waals surface area contributed by atoms with Crippen molar-refractivity contribution < 1.29 is 43.2 Å². The number of benzene rings is 4. The Labute approximate surface area is 358 Å². The van der Waals surface area contributed by atoms with Gasteiger partial charge in [-0.05, 0) is 79.9 Å². The summed E-state index contributed by atoms with van der Waals surface area (Å²) in [6, 6.07) is 27.8. The first kappa shape index (κ1) is 46.6. The van der Waals surface area contributed by atoms with Gasteiger partial charge in [-0.3, -0.25) is 4.79 Å². The number of ketones is 1. The summed E-state index contributed by atoms with van der Waals surface area (Å²) in [6.45, 7) is 23.2. The molecule has 0 saturated carbocycles. The summed E-state index contributed by atoms with van der Waals surface area (Å²) in [5.41, 5.74) is 8.94. The van der Waals surface area contributed by atoms with E-state index < -0.39 is 11.6 Å². The van der Waals surface area contributed by atoms with Crippen LogP contribution in [0.3, 0.4) is 0 Å². The topological polar surface area (TPSA) is 50.2 Å². The van der Waals surface area contributed by atoms with E-state index in [1.54, 1.807) is 0 Å². The van der Waals surface area contributed by atoms with Crippen molar-refractivity contribution in [1.29, 1.82) is 0 Å². The predicted octanol–water partition coefficient (Wildman–Crippen LogP) is 14.6. The number of aliphatic hydroxyl groups excluding tert-OH is 1. The molecule has 0 bridgehead atoms. The number of fused-ring (bicyclic) bond motifs is 5. The van der Waals surface area contributed by atoms with Crippen molar-refractivity contribution in [3.8, 4) is 44.6 Å². The second-order valence-electron chi connectivity index (χ2n) is 18.0. The Morgan fingerprint density at radius 1 is 0.724 bits per heavy atom. The third-order valence-electron chi connectivity index (χ3n) is 11.4. The average molecular weight is 967 g/mol. The van der Waals surface area contributed by atoms with E-state index in [2.05, 4.69) is 105 Å². The fourth-order valence-electron chi connectivity index (χ4n) is 8.91. The van der Waals surface area contributed by atoms with Crippen LogP contribution in [0.25, 0.3) is 55.4 Å². The molecule has 0 amide bonds. The van der Waals surface area contributed by atoms with E-state index in [9.17, 15) is 23.1 Å². The Hall–Kier alpha value is -4.06. The zero-order chi connectivity index (χ0) is 42.1. The molecule has 0 saturated heterocycles. The van der Waals surface area contributed by atoms with Crippen molar-refractivity contribution in [2.75, 3.05) is 0 Å². The number of aromatic nitrogens is 1. The maximum absolute atomic E-state index is 13.7. The number of carbonyl (C=O) groups is 1. The van der Waals surface area contributed by atoms with Crippen molar-refractivity contribution >= 4 is 16.6 Å². The molecular formula is C51H59F3IrNO2-. The van der Waals surface area contributed by atoms with E-state index >= 15 is 0 Å². The van der Waals surface area contributed by atoms with Crippen molar-refractivity contribution in [1.82, 2.24) is 4.98 Å². The number of hydrogen-bond donors (Lipinski definition) is 1. The van der Waals surface area contributed by atoms with Crippen LogP contribution in [0.4, 0.5) is 13.2 Å². The maximum Gasteiger partial charge on any atom is 0.394 e. The number of pyridine rings is 1. The molecule has 1 aliphatic carbocycles. The number of alkyl halides is 3. The van der Waals surface area contributed by atoms with E-state index in [1.165, 1.54) is 19.9 Å². The molecule has 5 aromatic rings. The number of carbonyl (C=O) groups excluding carboxylic acids is 1. The number of rotatable bonds is 10. The second kappa shape index (κ2) is 18.5. The first-order valence-electron chi connectivity index (χ1n) is 20.3. The average Bonchev–Trinajstić information content (AvgIpc) is 3.20. The van der Waals surface area contributed by atoms with Crippen molar-refractivity contribution in [2.45, 2.75) is 95.7 Å². The number of allylic oxidation sites excluding steroid dienone is 2. The van der Waals surface area contributed by atoms with E-state index in [4.69, 9.17) is 4.98 Å². The van der Waals surface area contributed by atoms with Crippen LogP contribution in [0.1, 0.15) is 85.9 Å². The van der Waals surface area contributed by atoms with Gasteiger partial charge >= 0.3 is 6.18 Å². The second-order valence-corrected chi connectivity index (χ2v) is 18.0. The van der Waals surface area contributed by atoms with Gasteiger partial charge in [-0.25, -0.2) is 0 Å². The van der Waals surface area contributed by atoms with Crippen LogP contribution in [0.15, 0.2) is 90.8 Å². The summed E-state index contributed by atoms with van der Waals surface area (Å²) in [5.74, 6) is 1.63. The third kappa shape index (κ3) is 9.86. The molecule has 3 nitrogen and oxygen atoms in total. The summed E-state index contributed by atoms with van der Waals surface area (Å²) < 4.78 is 41.1. The van der Waals surface area contributed by atoms with Crippen LogP contribution in [0.2, 0.25) is 0 Å². The molecule has 1 aliphatic rings. The normalized spacial score (nSPS) is 12.8. The molecule has 4 aromatic carbocycles. The Balaban J connectivity index is 0.000000319. The van der Waals surface area contributed by atoms with Gasteiger partial charge in [0.25, 0.3) is 0 Å². The quantitative estimate of drug-likeness (QED) is 0.0845. The largest absolute Gasteiger partial charge is 0.512 e. The minimum Gasteiger partial charge on any atom is -0.512 e. The minimum absolute atomic E-state index is 0. The molecule has 1 aromatic heterocycles. The molecule has 7 heteroatoms. The molecule has 0 atom stereocenters. The van der Waals surface area contributed by atoms with E-state index in [0.717, 1.165) is 66.5 Å². The Kier molecular flexibility index (Phi) is 14.8. The zero-order valence-electron chi connectivity index (χ0n) is 36.0. The monoisotopic (exact) mass is 967 g/mol. The number of halogens is 3. The first-order chi connectivity index (χ1) is 26.6. The number of nitrogens with zero attached hydrogens (tertiary/aromatic N) is 1. The van der Waals surface area contributed by atoms with Gasteiger partial charge in [0.15, 0.2) is 5.78 Å². The van der Waals surface area contributed by atoms with Gasteiger partial charge < -0.3 is 10.1 Å². The molecule has 311 valence electrons. The Morgan fingerprint density at radius 2 is 1.28 bits per heavy atom. The van der Waals surface area contributed by atoms with Gasteiger partial charge in [0.1, 0.15) is 0 Å². The van der Waals surface area contributed by atoms with Crippen LogP contribution < -0.4 is 0 Å². The predicted molar refractivity (Wildman–Crippen MR) is 231 cm³/mol. The van der Waals surface area contributed by atoms with Crippen LogP contribution in [0, 0.1) is 60.8 Å². The molecule has 58 heavy (non-hydrogen) atoms. The zero-order valence-corrected chi connectivity index (χ0v) is 38.4. The fraction of sp³-hybridized carbons (Fsp3) is 0.412. The number of aryl methyl sites for hydroxylation is 2. The smallest absolute Gasteiger partial charge is 0.394 e. The summed E-state index contributed by atoms with van der Waals surface area (Å²) in [4.78, 5) is 17.3. The summed E-state index contributed by atoms with van der Waals surface area (Å²) in [7, 11) is 0. The Morgan fingerprint density at radius 3 is 1.83 bits per heavy atom. The standard InChI is InChI=1S/C34H27F3N.C17H32O2.Ir/c1-20-14-21(2)16-23(15-20)32-28-11-7-10-27-26-13-12-22(18-33(3,4)34(35,36)37)17-29(26)24-8-5-6-9-25(24)30(19-38-32)31(27)28;1-10(2)16(11(3)4)14(18)9-15(19)17(12(5)6)13(7)8;/h5-15,17,19H,18H2,1-4H3;9-13,16-18H,1-8H3;/q-1;;/b;14-9-;. The van der Waals surface area contributed by atoms with Gasteiger partial charge in [0, 0.05) is 49.8 Å². The van der Waals surface area contributed by atoms with Gasteiger partial charge in [0.05, 0.1) is 11.2 Å². The maximum atomic E-state index is 13.7. The van der Waals surface area contributed by atoms with Gasteiger partial charge in [-0.1, -0.05) is 144 Å². The van der Waals surface area contributed by atoms with E-state index in [1.807, 2.05) is 49.5 Å². The summed E-state index contributed by atoms with van der Waals surface area (Å²) >= 11 is 0. The third-order valence-corrected chi connectivity index (χ3v) is 11.4. The molecular weight excluding hydrogens is 908 g/mol. The SMILES string of the molecule is CC(C)C(C(=O)/C=C(\O)C(C(C)C)C(C)C)C(C)C.Cc1[c-]c(-c2ncc3c4c(cccc24)-c2ccc(CC(C)(C)C(F)(F)F)cc2-c2ccccc2-3)cc(C)c1.[Ir]. The van der Waals surface area contributed by atoms with E-state index in [-0.39, 0.29) is 49.9 Å². The van der Waals surface area contributed by atoms with E-state index in [0.29, 0.717) is 29.2 Å². The summed E-state index contributed by atoms with van der Waals surface area (Å²) in [5, 5.41) is 12.4. The molecule has 6 rings (SSSR count). The fourth-order valence-corrected chi connectivity index (χ4v) is 8.91. The van der Waals surface area contributed by atoms with Gasteiger partial charge in [-0.15, -0.1) is 34.9 Å². The number of hydrogen-bond acceptors (Lipinski definition) is 3. The van der Waals surface area contributed by atoms with Crippen LogP contribution in [-0.2, 0) is 31.3 Å². The Bertz CT molecular complexity index is 2250. The van der Waals surface area contributed by atoms with Crippen molar-refractivity contribution in [2.24, 2.45) is 40.9 Å². The molecule has 0 spiro atoms. The van der Waals surface area contributed by atoms with Gasteiger partial charge in [0.2, 0.25) is 0 Å². The van der Waals surface area contributed by atoms with Crippen LogP contribution in [-0.4, -0.2) is 22.1 Å². The molecule has 1 heterocycles. The minimum atomic E-state index is -4.28. The molecule has 1 radical (unpaired) electrons. The first-order valence-corrected chi connectivity index (χ1v) is 20.3. The molecule has 0 fully saturated rings.